The number of likely N-dealkylation sites (tertiary alicyclic amines) is 1. The van der Waals surface area contributed by atoms with E-state index in [9.17, 15) is 4.79 Å². The van der Waals surface area contributed by atoms with Crippen molar-refractivity contribution in [2.45, 2.75) is 51.1 Å². The molecule has 0 bridgehead atoms. The van der Waals surface area contributed by atoms with Crippen molar-refractivity contribution in [2.24, 2.45) is 17.6 Å². The van der Waals surface area contributed by atoms with E-state index in [1.807, 2.05) is 0 Å². The Morgan fingerprint density at radius 2 is 2.00 bits per heavy atom. The van der Waals surface area contributed by atoms with Crippen molar-refractivity contribution >= 4 is 5.91 Å². The molecule has 4 heteroatoms. The third-order valence-corrected chi connectivity index (χ3v) is 5.02. The Morgan fingerprint density at radius 1 is 1.26 bits per heavy atom. The summed E-state index contributed by atoms with van der Waals surface area (Å²) in [5, 5.41) is 0. The van der Waals surface area contributed by atoms with Gasteiger partial charge in [-0.2, -0.15) is 0 Å². The Labute approximate surface area is 117 Å². The second kappa shape index (κ2) is 6.23. The minimum atomic E-state index is 0.218. The Balaban J connectivity index is 1.92. The molecule has 2 N–H and O–H groups in total. The van der Waals surface area contributed by atoms with Crippen LogP contribution in [-0.2, 0) is 4.79 Å². The fourth-order valence-corrected chi connectivity index (χ4v) is 3.48. The maximum Gasteiger partial charge on any atom is 0.225 e. The molecular weight excluding hydrogens is 238 g/mol. The lowest BCUT2D eigenvalue weighted by Crippen LogP contribution is -2.50. The Hall–Kier alpha value is -0.610. The predicted octanol–water partition coefficient (Wildman–Crippen LogP) is 1.30. The molecule has 2 rings (SSSR count). The van der Waals surface area contributed by atoms with Crippen LogP contribution in [0.3, 0.4) is 0 Å². The molecule has 4 unspecified atom stereocenters. The first-order valence-corrected chi connectivity index (χ1v) is 7.69. The summed E-state index contributed by atoms with van der Waals surface area (Å²) in [5.74, 6) is 1.08. The molecule has 1 aliphatic heterocycles. The van der Waals surface area contributed by atoms with Crippen molar-refractivity contribution in [2.75, 3.05) is 27.2 Å². The number of amides is 1. The second-order valence-corrected chi connectivity index (χ2v) is 6.70. The van der Waals surface area contributed by atoms with Crippen LogP contribution in [-0.4, -0.2) is 55.0 Å². The normalized spacial score (nSPS) is 36.6. The van der Waals surface area contributed by atoms with Gasteiger partial charge in [-0.15, -0.1) is 0 Å². The van der Waals surface area contributed by atoms with Crippen LogP contribution in [0.15, 0.2) is 0 Å². The maximum atomic E-state index is 12.6. The van der Waals surface area contributed by atoms with Gasteiger partial charge < -0.3 is 15.5 Å². The van der Waals surface area contributed by atoms with Gasteiger partial charge >= 0.3 is 0 Å². The van der Waals surface area contributed by atoms with Gasteiger partial charge in [0.1, 0.15) is 0 Å². The van der Waals surface area contributed by atoms with E-state index in [-0.39, 0.29) is 5.92 Å². The summed E-state index contributed by atoms with van der Waals surface area (Å²) in [6, 6.07) is 0.820. The number of nitrogens with zero attached hydrogens (tertiary/aromatic N) is 2. The van der Waals surface area contributed by atoms with E-state index >= 15 is 0 Å². The van der Waals surface area contributed by atoms with Crippen LogP contribution in [0.4, 0.5) is 0 Å². The lowest BCUT2D eigenvalue weighted by molar-refractivity contribution is -0.139. The standard InChI is InChI=1S/C15H29N3O/c1-11-9-12(6-7-14(11)16)15(19)18-8-4-5-13(10-18)17(2)3/h11-14H,4-10,16H2,1-3H3. The van der Waals surface area contributed by atoms with E-state index in [1.165, 1.54) is 6.42 Å². The zero-order valence-corrected chi connectivity index (χ0v) is 12.6. The molecule has 4 atom stereocenters. The number of piperidine rings is 1. The molecule has 0 aromatic heterocycles. The van der Waals surface area contributed by atoms with E-state index in [0.717, 1.165) is 38.8 Å². The highest BCUT2D eigenvalue weighted by Crippen LogP contribution is 2.30. The first kappa shape index (κ1) is 14.8. The second-order valence-electron chi connectivity index (χ2n) is 6.70. The van der Waals surface area contributed by atoms with Crippen LogP contribution in [0.5, 0.6) is 0 Å². The molecule has 4 nitrogen and oxygen atoms in total. The van der Waals surface area contributed by atoms with Crippen LogP contribution < -0.4 is 5.73 Å². The van der Waals surface area contributed by atoms with Gasteiger partial charge in [-0.05, 0) is 52.1 Å². The Morgan fingerprint density at radius 3 is 2.63 bits per heavy atom. The lowest BCUT2D eigenvalue weighted by atomic mass is 9.78. The highest BCUT2D eigenvalue weighted by atomic mass is 16.2. The van der Waals surface area contributed by atoms with E-state index in [0.29, 0.717) is 23.9 Å². The van der Waals surface area contributed by atoms with Crippen molar-refractivity contribution in [1.29, 1.82) is 0 Å². The highest BCUT2D eigenvalue weighted by Gasteiger charge is 2.34. The molecule has 2 fully saturated rings. The third kappa shape index (κ3) is 3.48. The molecule has 19 heavy (non-hydrogen) atoms. The van der Waals surface area contributed by atoms with Crippen LogP contribution >= 0.6 is 0 Å². The number of rotatable bonds is 2. The average Bonchev–Trinajstić information content (AvgIpc) is 2.41. The molecule has 110 valence electrons. The zero-order chi connectivity index (χ0) is 14.0. The highest BCUT2D eigenvalue weighted by molar-refractivity contribution is 5.79. The SMILES string of the molecule is CC1CC(C(=O)N2CCCC(N(C)C)C2)CCC1N. The molecule has 1 heterocycles. The first-order valence-electron chi connectivity index (χ1n) is 7.69. The molecule has 1 saturated carbocycles. The fourth-order valence-electron chi connectivity index (χ4n) is 3.48. The fraction of sp³-hybridized carbons (Fsp3) is 0.933. The number of hydrogen-bond acceptors (Lipinski definition) is 3. The number of hydrogen-bond donors (Lipinski definition) is 1. The summed E-state index contributed by atoms with van der Waals surface area (Å²) < 4.78 is 0. The van der Waals surface area contributed by atoms with Gasteiger partial charge in [0.25, 0.3) is 0 Å². The van der Waals surface area contributed by atoms with Crippen molar-refractivity contribution in [1.82, 2.24) is 9.80 Å². The van der Waals surface area contributed by atoms with E-state index in [4.69, 9.17) is 5.73 Å². The summed E-state index contributed by atoms with van der Waals surface area (Å²) in [7, 11) is 4.22. The van der Waals surface area contributed by atoms with Gasteiger partial charge in [-0.25, -0.2) is 0 Å². The number of carbonyl (C=O) groups excluding carboxylic acids is 1. The molecule has 1 amide bonds. The topological polar surface area (TPSA) is 49.6 Å². The smallest absolute Gasteiger partial charge is 0.225 e. The van der Waals surface area contributed by atoms with Crippen LogP contribution in [0.2, 0.25) is 0 Å². The number of likely N-dealkylation sites (N-methyl/N-ethyl adjacent to an activating group) is 1. The Kier molecular flexibility index (Phi) is 4.85. The number of carbonyl (C=O) groups is 1. The van der Waals surface area contributed by atoms with E-state index in [2.05, 4.69) is 30.8 Å². The summed E-state index contributed by atoms with van der Waals surface area (Å²) in [4.78, 5) is 17.0. The zero-order valence-electron chi connectivity index (χ0n) is 12.6. The van der Waals surface area contributed by atoms with Crippen LogP contribution in [0.25, 0.3) is 0 Å². The third-order valence-electron chi connectivity index (χ3n) is 5.02. The summed E-state index contributed by atoms with van der Waals surface area (Å²) >= 11 is 0. The molecule has 0 aromatic carbocycles. The maximum absolute atomic E-state index is 12.6. The van der Waals surface area contributed by atoms with Gasteiger partial charge in [0.15, 0.2) is 0 Å². The lowest BCUT2D eigenvalue weighted by Gasteiger charge is -2.39. The monoisotopic (exact) mass is 267 g/mol. The molecule has 0 radical (unpaired) electrons. The van der Waals surface area contributed by atoms with E-state index in [1.54, 1.807) is 0 Å². The summed E-state index contributed by atoms with van der Waals surface area (Å²) in [6.07, 6.45) is 5.30. The van der Waals surface area contributed by atoms with Crippen molar-refractivity contribution in [3.05, 3.63) is 0 Å². The Bertz CT molecular complexity index is 319. The molecular formula is C15H29N3O. The number of nitrogens with two attached hydrogens (primary N) is 1. The largest absolute Gasteiger partial charge is 0.341 e. The summed E-state index contributed by atoms with van der Waals surface area (Å²) in [6.45, 7) is 4.03. The van der Waals surface area contributed by atoms with Gasteiger partial charge in [0.2, 0.25) is 5.91 Å². The quantitative estimate of drug-likeness (QED) is 0.820. The van der Waals surface area contributed by atoms with Gasteiger partial charge in [0, 0.05) is 31.1 Å². The molecule has 1 aliphatic carbocycles. The molecule has 0 aromatic rings. The van der Waals surface area contributed by atoms with Gasteiger partial charge in [-0.1, -0.05) is 6.92 Å². The molecule has 2 aliphatic rings. The predicted molar refractivity (Wildman–Crippen MR) is 77.8 cm³/mol. The van der Waals surface area contributed by atoms with Crippen molar-refractivity contribution in [3.63, 3.8) is 0 Å². The van der Waals surface area contributed by atoms with Crippen molar-refractivity contribution < 1.29 is 4.79 Å². The molecule has 0 spiro atoms. The minimum absolute atomic E-state index is 0.218. The van der Waals surface area contributed by atoms with Crippen molar-refractivity contribution in [3.8, 4) is 0 Å². The average molecular weight is 267 g/mol. The van der Waals surface area contributed by atoms with Gasteiger partial charge in [-0.3, -0.25) is 4.79 Å². The van der Waals surface area contributed by atoms with Gasteiger partial charge in [0.05, 0.1) is 0 Å². The summed E-state index contributed by atoms with van der Waals surface area (Å²) in [5.41, 5.74) is 6.05. The van der Waals surface area contributed by atoms with E-state index < -0.39 is 0 Å². The first-order chi connectivity index (χ1) is 8.99. The molecule has 1 saturated heterocycles. The minimum Gasteiger partial charge on any atom is -0.341 e. The van der Waals surface area contributed by atoms with Crippen LogP contribution in [0.1, 0.15) is 39.0 Å². The van der Waals surface area contributed by atoms with Crippen LogP contribution in [0, 0.1) is 11.8 Å².